The van der Waals surface area contributed by atoms with Crippen LogP contribution in [0.2, 0.25) is 0 Å². The van der Waals surface area contributed by atoms with Crippen LogP contribution >= 0.6 is 0 Å². The Balaban J connectivity index is 2.82. The zero-order valence-corrected chi connectivity index (χ0v) is 13.1. The van der Waals surface area contributed by atoms with Crippen LogP contribution in [0.25, 0.3) is 0 Å². The van der Waals surface area contributed by atoms with Crippen LogP contribution in [-0.2, 0) is 19.7 Å². The second-order valence-corrected chi connectivity index (χ2v) is 7.01. The average molecular weight is 283 g/mol. The minimum absolute atomic E-state index is 0.241. The van der Waals surface area contributed by atoms with E-state index < -0.39 is 8.80 Å². The van der Waals surface area contributed by atoms with Crippen LogP contribution in [0, 0.1) is 0 Å². The maximum atomic E-state index is 6.33. The number of nitrogens with two attached hydrogens (primary N) is 1. The Morgan fingerprint density at radius 3 is 1.84 bits per heavy atom. The zero-order valence-electron chi connectivity index (χ0n) is 12.1. The monoisotopic (exact) mass is 283 g/mol. The predicted octanol–water partition coefficient (Wildman–Crippen LogP) is 2.14. The van der Waals surface area contributed by atoms with Crippen molar-refractivity contribution in [1.29, 1.82) is 0 Å². The molecule has 0 fully saturated rings. The van der Waals surface area contributed by atoms with Gasteiger partial charge in [0.25, 0.3) is 0 Å². The van der Waals surface area contributed by atoms with Gasteiger partial charge in [-0.25, -0.2) is 0 Å². The van der Waals surface area contributed by atoms with Crippen molar-refractivity contribution in [2.75, 3.05) is 19.8 Å². The third-order valence-electron chi connectivity index (χ3n) is 2.79. The highest BCUT2D eigenvalue weighted by molar-refractivity contribution is 6.62. The normalized spacial score (nSPS) is 13.5. The first-order valence-electron chi connectivity index (χ1n) is 6.89. The van der Waals surface area contributed by atoms with E-state index in [4.69, 9.17) is 19.0 Å². The lowest BCUT2D eigenvalue weighted by atomic mass is 10.1. The van der Waals surface area contributed by atoms with Gasteiger partial charge in [0.1, 0.15) is 0 Å². The molecule has 0 saturated carbocycles. The molecule has 19 heavy (non-hydrogen) atoms. The number of hydrogen-bond acceptors (Lipinski definition) is 4. The van der Waals surface area contributed by atoms with Crippen molar-refractivity contribution in [2.45, 2.75) is 32.9 Å². The quantitative estimate of drug-likeness (QED) is 0.706. The largest absolute Gasteiger partial charge is 0.518 e. The molecule has 0 aliphatic heterocycles. The number of rotatable bonds is 9. The molecule has 4 nitrogen and oxygen atoms in total. The molecule has 1 aromatic carbocycles. The summed E-state index contributed by atoms with van der Waals surface area (Å²) < 4.78 is 17.4. The van der Waals surface area contributed by atoms with E-state index in [0.717, 1.165) is 0 Å². The molecular weight excluding hydrogens is 258 g/mol. The summed E-state index contributed by atoms with van der Waals surface area (Å²) in [5.74, 6) is 0. The van der Waals surface area contributed by atoms with Gasteiger partial charge in [-0.1, -0.05) is 30.3 Å². The fourth-order valence-corrected chi connectivity index (χ4v) is 4.63. The molecule has 5 heteroatoms. The molecule has 0 aliphatic rings. The SMILES string of the molecule is CCO[Si](OCC)(OCC)C(N)Cc1ccccc1. The van der Waals surface area contributed by atoms with Gasteiger partial charge in [0.05, 0.1) is 5.67 Å². The third-order valence-corrected chi connectivity index (χ3v) is 5.97. The van der Waals surface area contributed by atoms with Crippen LogP contribution in [0.3, 0.4) is 0 Å². The van der Waals surface area contributed by atoms with Crippen LogP contribution < -0.4 is 5.73 Å². The van der Waals surface area contributed by atoms with Crippen molar-refractivity contribution in [3.63, 3.8) is 0 Å². The van der Waals surface area contributed by atoms with Crippen molar-refractivity contribution in [1.82, 2.24) is 0 Å². The van der Waals surface area contributed by atoms with Crippen molar-refractivity contribution < 1.29 is 13.3 Å². The van der Waals surface area contributed by atoms with E-state index in [1.165, 1.54) is 5.56 Å². The van der Waals surface area contributed by atoms with Gasteiger partial charge in [-0.3, -0.25) is 0 Å². The minimum atomic E-state index is -2.80. The third kappa shape index (κ3) is 4.70. The van der Waals surface area contributed by atoms with Crippen molar-refractivity contribution in [2.24, 2.45) is 5.73 Å². The molecule has 2 N–H and O–H groups in total. The topological polar surface area (TPSA) is 53.7 Å². The first kappa shape index (κ1) is 16.3. The van der Waals surface area contributed by atoms with Crippen LogP contribution in [-0.4, -0.2) is 34.3 Å². The molecule has 1 rings (SSSR count). The molecular formula is C14H25NO3Si. The molecule has 0 bridgehead atoms. The second-order valence-electron chi connectivity index (χ2n) is 4.20. The maximum Gasteiger partial charge on any atom is 0.518 e. The van der Waals surface area contributed by atoms with Crippen molar-refractivity contribution in [3.8, 4) is 0 Å². The van der Waals surface area contributed by atoms with Gasteiger partial charge in [-0.05, 0) is 32.8 Å². The molecule has 0 aliphatic carbocycles. The van der Waals surface area contributed by atoms with Gasteiger partial charge in [0.2, 0.25) is 0 Å². The van der Waals surface area contributed by atoms with E-state index >= 15 is 0 Å². The Morgan fingerprint density at radius 2 is 1.42 bits per heavy atom. The molecule has 0 heterocycles. The highest BCUT2D eigenvalue weighted by Gasteiger charge is 2.47. The standard InChI is InChI=1S/C14H25NO3Si/c1-4-16-19(17-5-2,18-6-3)14(15)12-13-10-8-7-9-11-13/h7-11,14H,4-6,12,15H2,1-3H3. The molecule has 0 amide bonds. The Hall–Kier alpha value is -0.723. The number of benzene rings is 1. The zero-order chi connectivity index (χ0) is 14.1. The first-order valence-corrected chi connectivity index (χ1v) is 8.70. The lowest BCUT2D eigenvalue weighted by Gasteiger charge is -2.33. The van der Waals surface area contributed by atoms with E-state index in [1.54, 1.807) is 0 Å². The summed E-state index contributed by atoms with van der Waals surface area (Å²) in [5, 5.41) is 0. The molecule has 108 valence electrons. The van der Waals surface area contributed by atoms with Gasteiger partial charge < -0.3 is 19.0 Å². The Bertz CT molecular complexity index is 331. The Labute approximate surface area is 117 Å². The van der Waals surface area contributed by atoms with E-state index in [9.17, 15) is 0 Å². The highest BCUT2D eigenvalue weighted by Crippen LogP contribution is 2.17. The van der Waals surface area contributed by atoms with E-state index in [-0.39, 0.29) is 5.67 Å². The van der Waals surface area contributed by atoms with Gasteiger partial charge in [-0.2, -0.15) is 0 Å². The van der Waals surface area contributed by atoms with Crippen LogP contribution in [0.5, 0.6) is 0 Å². The molecule has 0 spiro atoms. The number of hydrogen-bond donors (Lipinski definition) is 1. The summed E-state index contributed by atoms with van der Waals surface area (Å²) >= 11 is 0. The van der Waals surface area contributed by atoms with Gasteiger partial charge in [0.15, 0.2) is 0 Å². The predicted molar refractivity (Wildman–Crippen MR) is 78.8 cm³/mol. The fraction of sp³-hybridized carbons (Fsp3) is 0.571. The molecule has 0 radical (unpaired) electrons. The average Bonchev–Trinajstić information content (AvgIpc) is 2.40. The summed E-state index contributed by atoms with van der Waals surface area (Å²) in [6.45, 7) is 7.47. The fourth-order valence-electron chi connectivity index (χ4n) is 2.04. The molecule has 0 saturated heterocycles. The summed E-state index contributed by atoms with van der Waals surface area (Å²) in [7, 11) is -2.80. The lowest BCUT2D eigenvalue weighted by Crippen LogP contribution is -2.61. The van der Waals surface area contributed by atoms with Crippen molar-refractivity contribution in [3.05, 3.63) is 35.9 Å². The van der Waals surface area contributed by atoms with E-state index in [2.05, 4.69) is 12.1 Å². The lowest BCUT2D eigenvalue weighted by molar-refractivity contribution is 0.0622. The van der Waals surface area contributed by atoms with Gasteiger partial charge >= 0.3 is 8.80 Å². The minimum Gasteiger partial charge on any atom is -0.373 e. The first-order chi connectivity index (χ1) is 9.18. The summed E-state index contributed by atoms with van der Waals surface area (Å²) in [6.07, 6.45) is 0.701. The summed E-state index contributed by atoms with van der Waals surface area (Å²) in [5.41, 5.74) is 7.26. The summed E-state index contributed by atoms with van der Waals surface area (Å²) in [4.78, 5) is 0. The van der Waals surface area contributed by atoms with Crippen LogP contribution in [0.15, 0.2) is 30.3 Å². The van der Waals surface area contributed by atoms with Crippen LogP contribution in [0.1, 0.15) is 26.3 Å². The van der Waals surface area contributed by atoms with Crippen LogP contribution in [0.4, 0.5) is 0 Å². The smallest absolute Gasteiger partial charge is 0.373 e. The molecule has 0 aromatic heterocycles. The Morgan fingerprint density at radius 1 is 0.947 bits per heavy atom. The van der Waals surface area contributed by atoms with Gasteiger partial charge in [0, 0.05) is 19.8 Å². The van der Waals surface area contributed by atoms with E-state index in [1.807, 2.05) is 39.0 Å². The van der Waals surface area contributed by atoms with Gasteiger partial charge in [-0.15, -0.1) is 0 Å². The Kier molecular flexibility index (Phi) is 7.26. The summed E-state index contributed by atoms with van der Waals surface area (Å²) in [6, 6.07) is 10.1. The van der Waals surface area contributed by atoms with Crippen molar-refractivity contribution >= 4 is 8.80 Å². The molecule has 1 unspecified atom stereocenters. The molecule has 1 aromatic rings. The highest BCUT2D eigenvalue weighted by atomic mass is 28.4. The maximum absolute atomic E-state index is 6.33. The second kappa shape index (κ2) is 8.45. The molecule has 1 atom stereocenters. The van der Waals surface area contributed by atoms with E-state index in [0.29, 0.717) is 26.2 Å².